The Kier molecular flexibility index (Phi) is 10.0. The number of rotatable bonds is 4. The first-order valence-corrected chi connectivity index (χ1v) is 20.5. The predicted molar refractivity (Wildman–Crippen MR) is 190 cm³/mol. The van der Waals surface area contributed by atoms with Crippen molar-refractivity contribution in [3.8, 4) is 0 Å². The molecule has 0 aromatic rings. The number of carbonyl (C=O) groups excluding carboxylic acids is 1. The van der Waals surface area contributed by atoms with Crippen LogP contribution in [0.3, 0.4) is 0 Å². The first kappa shape index (κ1) is 37.3. The number of hydrogen-bond donors (Lipinski definition) is 2. The van der Waals surface area contributed by atoms with E-state index in [0.717, 1.165) is 56.1 Å². The van der Waals surface area contributed by atoms with E-state index in [1.807, 2.05) is 0 Å². The summed E-state index contributed by atoms with van der Waals surface area (Å²) in [4.78, 5) is 14.1. The molecule has 10 aliphatic rings. The van der Waals surface area contributed by atoms with Gasteiger partial charge in [-0.05, 0) is 68.9 Å². The summed E-state index contributed by atoms with van der Waals surface area (Å²) >= 11 is 0. The molecule has 12 bridgehead atoms. The number of methoxy groups -OCH3 is 1. The number of ketones is 1. The number of hydrogen-bond acceptors (Lipinski definition) is 11. The molecule has 0 saturated carbocycles. The van der Waals surface area contributed by atoms with Gasteiger partial charge < -0.3 is 52.8 Å². The SMILES string of the molecule is C=C1CC2CC[C@@]34CC5(C)OC6[C@@H](O[C@H]7CCC(CC(=O)C[C@H]8[C@H](CC9O[C@@H](CCC1O2)C[C@@H](C)C9=C)OC(CC(O)CO)[C@@H]8OC)O[C@@H]7[C@@H]6O3)C5[OH+]4. The van der Waals surface area contributed by atoms with E-state index in [9.17, 15) is 15.0 Å². The van der Waals surface area contributed by atoms with Crippen molar-refractivity contribution in [2.75, 3.05) is 13.7 Å². The molecule has 10 saturated heterocycles. The maximum absolute atomic E-state index is 14.1. The Labute approximate surface area is 313 Å². The van der Waals surface area contributed by atoms with Gasteiger partial charge in [0.15, 0.2) is 11.7 Å². The second-order valence-electron chi connectivity index (χ2n) is 18.1. The largest absolute Gasteiger partial charge is 0.401 e. The fraction of sp³-hybridized carbons (Fsp3) is 0.878. The highest BCUT2D eigenvalue weighted by Gasteiger charge is 2.77. The molecular formula is C41H61O12+. The van der Waals surface area contributed by atoms with Crippen LogP contribution in [0.2, 0.25) is 0 Å². The Hall–Kier alpha value is -1.29. The third-order valence-electron chi connectivity index (χ3n) is 14.4. The summed E-state index contributed by atoms with van der Waals surface area (Å²) in [5.41, 5.74) is 1.73. The van der Waals surface area contributed by atoms with Gasteiger partial charge in [0.05, 0.1) is 80.5 Å². The molecule has 10 aliphatic heterocycles. The molecule has 1 spiro atoms. The van der Waals surface area contributed by atoms with Gasteiger partial charge in [0.1, 0.15) is 24.1 Å². The summed E-state index contributed by atoms with van der Waals surface area (Å²) < 4.78 is 59.0. The van der Waals surface area contributed by atoms with E-state index in [1.54, 1.807) is 7.11 Å². The molecule has 296 valence electrons. The first-order valence-electron chi connectivity index (χ1n) is 20.5. The van der Waals surface area contributed by atoms with E-state index < -0.39 is 29.7 Å². The van der Waals surface area contributed by atoms with Crippen LogP contribution in [0.25, 0.3) is 0 Å². The summed E-state index contributed by atoms with van der Waals surface area (Å²) in [7, 11) is 1.63. The molecule has 12 heteroatoms. The van der Waals surface area contributed by atoms with Gasteiger partial charge in [0.2, 0.25) is 6.10 Å². The minimum atomic E-state index is -0.951. The zero-order chi connectivity index (χ0) is 36.8. The lowest BCUT2D eigenvalue weighted by Crippen LogP contribution is -2.61. The zero-order valence-electron chi connectivity index (χ0n) is 31.6. The van der Waals surface area contributed by atoms with Gasteiger partial charge in [-0.2, -0.15) is 0 Å². The molecule has 19 atom stereocenters. The standard InChI is InChI=1S/C41H60O12/c1-20-12-25-6-8-29-21(2)13-27(46-29)10-11-41-19-40(4)39(53-41)38-37(51-40)36(52-41)35-30(50-38)9-7-26(48-35)14-23(43)15-28-32(17-31(47-25)22(20)3)49-33(34(28)45-5)16-24(44)18-42/h20,24-39,42,44H,2-3,6-19H2,1,4-5H3/p+1/t20-,24?,25+,26?,27?,28+,29?,30+,31?,32+,33?,34-,35+,36+,37?,38-,39?,40?,41-/m1/s1. The van der Waals surface area contributed by atoms with E-state index >= 15 is 0 Å². The van der Waals surface area contributed by atoms with Crippen molar-refractivity contribution in [2.45, 2.75) is 200 Å². The van der Waals surface area contributed by atoms with Crippen LogP contribution in [-0.2, 0) is 42.7 Å². The highest BCUT2D eigenvalue weighted by atomic mass is 16.8. The Morgan fingerprint density at radius 2 is 1.64 bits per heavy atom. The van der Waals surface area contributed by atoms with Crippen LogP contribution in [0.15, 0.2) is 24.3 Å². The molecule has 10 heterocycles. The van der Waals surface area contributed by atoms with Gasteiger partial charge >= 0.3 is 0 Å². The Bertz CT molecular complexity index is 1420. The van der Waals surface area contributed by atoms with Crippen LogP contribution >= 0.6 is 0 Å². The number of fused-ring (bicyclic) bond motifs is 6. The zero-order valence-corrected chi connectivity index (χ0v) is 31.6. The fourth-order valence-electron chi connectivity index (χ4n) is 11.8. The van der Waals surface area contributed by atoms with Gasteiger partial charge in [-0.25, -0.2) is 0 Å². The number of aliphatic hydroxyl groups excluding tert-OH is 2. The number of carbonyl (C=O) groups is 1. The van der Waals surface area contributed by atoms with Crippen LogP contribution in [0.5, 0.6) is 0 Å². The van der Waals surface area contributed by atoms with Crippen LogP contribution < -0.4 is 0 Å². The first-order chi connectivity index (χ1) is 25.4. The molecular weight excluding hydrogens is 684 g/mol. The van der Waals surface area contributed by atoms with Crippen molar-refractivity contribution in [2.24, 2.45) is 11.8 Å². The van der Waals surface area contributed by atoms with Crippen LogP contribution in [0, 0.1) is 11.8 Å². The molecule has 0 aromatic carbocycles. The predicted octanol–water partition coefficient (Wildman–Crippen LogP) is 3.37. The van der Waals surface area contributed by atoms with Crippen LogP contribution in [-0.4, -0.2) is 137 Å². The van der Waals surface area contributed by atoms with E-state index in [4.69, 9.17) is 42.6 Å². The molecule has 3 N–H and O–H groups in total. The molecule has 10 fully saturated rings. The van der Waals surface area contributed by atoms with Crippen molar-refractivity contribution >= 4 is 5.78 Å². The lowest BCUT2D eigenvalue weighted by molar-refractivity contribution is -0.343. The Balaban J connectivity index is 1.00. The Morgan fingerprint density at radius 1 is 0.868 bits per heavy atom. The molecule has 10 rings (SSSR count). The normalized spacial score (nSPS) is 53.0. The van der Waals surface area contributed by atoms with E-state index in [-0.39, 0.29) is 117 Å². The fourth-order valence-corrected chi connectivity index (χ4v) is 11.8. The second-order valence-corrected chi connectivity index (χ2v) is 18.1. The molecule has 9 unspecified atom stereocenters. The van der Waals surface area contributed by atoms with Crippen LogP contribution in [0.1, 0.15) is 97.3 Å². The van der Waals surface area contributed by atoms with Gasteiger partial charge in [0, 0.05) is 38.7 Å². The lowest BCUT2D eigenvalue weighted by Gasteiger charge is -2.46. The third kappa shape index (κ3) is 6.73. The second kappa shape index (κ2) is 14.3. The molecule has 53 heavy (non-hydrogen) atoms. The van der Waals surface area contributed by atoms with E-state index in [1.165, 1.54) is 0 Å². The van der Waals surface area contributed by atoms with Crippen molar-refractivity contribution in [3.63, 3.8) is 0 Å². The van der Waals surface area contributed by atoms with Gasteiger partial charge in [-0.3, -0.25) is 4.79 Å². The van der Waals surface area contributed by atoms with Crippen molar-refractivity contribution < 1.29 is 57.6 Å². The van der Waals surface area contributed by atoms with Crippen molar-refractivity contribution in [3.05, 3.63) is 24.3 Å². The molecule has 0 aromatic heterocycles. The van der Waals surface area contributed by atoms with Crippen molar-refractivity contribution in [1.29, 1.82) is 0 Å². The lowest BCUT2D eigenvalue weighted by atomic mass is 9.81. The van der Waals surface area contributed by atoms with Gasteiger partial charge in [-0.1, -0.05) is 20.1 Å². The molecule has 0 aliphatic carbocycles. The third-order valence-corrected chi connectivity index (χ3v) is 14.4. The molecule has 0 amide bonds. The monoisotopic (exact) mass is 745 g/mol. The maximum Gasteiger partial charge on any atom is 0.278 e. The highest BCUT2D eigenvalue weighted by molar-refractivity contribution is 5.79. The summed E-state index contributed by atoms with van der Waals surface area (Å²) in [6.45, 7) is 12.9. The van der Waals surface area contributed by atoms with Gasteiger partial charge in [0.25, 0.3) is 5.79 Å². The maximum atomic E-state index is 14.1. The topological polar surface area (TPSA) is 144 Å². The minimum Gasteiger partial charge on any atom is -0.401 e. The van der Waals surface area contributed by atoms with Crippen molar-refractivity contribution in [1.82, 2.24) is 0 Å². The summed E-state index contributed by atoms with van der Waals surface area (Å²) in [6, 6.07) is 0. The van der Waals surface area contributed by atoms with E-state index in [0.29, 0.717) is 19.3 Å². The van der Waals surface area contributed by atoms with Crippen LogP contribution in [0.4, 0.5) is 0 Å². The minimum absolute atomic E-state index is 0.0227. The summed E-state index contributed by atoms with van der Waals surface area (Å²) in [5.74, 6) is -0.617. The summed E-state index contributed by atoms with van der Waals surface area (Å²) in [6.07, 6.45) is 4.33. The Morgan fingerprint density at radius 3 is 2.45 bits per heavy atom. The average molecular weight is 746 g/mol. The quantitative estimate of drug-likeness (QED) is 0.323. The molecule has 0 radical (unpaired) electrons. The molecule has 12 nitrogen and oxygen atoms in total. The highest BCUT2D eigenvalue weighted by Crippen LogP contribution is 2.57. The smallest absolute Gasteiger partial charge is 0.278 e. The number of Topliss-reactive ketones (excluding diaryl/α,β-unsaturated/α-hetero) is 1. The number of ether oxygens (including phenoxy) is 9. The van der Waals surface area contributed by atoms with E-state index in [2.05, 4.69) is 27.0 Å². The average Bonchev–Trinajstić information content (AvgIpc) is 3.76. The summed E-state index contributed by atoms with van der Waals surface area (Å²) in [5, 5.41) is 20.1. The number of aliphatic hydroxyl groups is 4. The van der Waals surface area contributed by atoms with Gasteiger partial charge in [-0.15, -0.1) is 0 Å².